The predicted molar refractivity (Wildman–Crippen MR) is 52.3 cm³/mol. The minimum absolute atomic E-state index is 0.0405. The lowest BCUT2D eigenvalue weighted by molar-refractivity contribution is -0.153. The zero-order valence-electron chi connectivity index (χ0n) is 7.92. The molecule has 1 heterocycles. The molecule has 13 heavy (non-hydrogen) atoms. The van der Waals surface area contributed by atoms with Crippen molar-refractivity contribution < 1.29 is 9.53 Å². The van der Waals surface area contributed by atoms with E-state index in [-0.39, 0.29) is 11.4 Å². The van der Waals surface area contributed by atoms with Crippen LogP contribution in [0.5, 0.6) is 0 Å². The minimum Gasteiger partial charge on any atom is -0.466 e. The van der Waals surface area contributed by atoms with Gasteiger partial charge in [-0.05, 0) is 24.7 Å². The van der Waals surface area contributed by atoms with Crippen LogP contribution >= 0.6 is 0 Å². The van der Waals surface area contributed by atoms with Crippen molar-refractivity contribution >= 4 is 5.97 Å². The van der Waals surface area contributed by atoms with Crippen molar-refractivity contribution in [3.63, 3.8) is 0 Å². The Morgan fingerprint density at radius 3 is 2.46 bits per heavy atom. The van der Waals surface area contributed by atoms with Crippen LogP contribution in [0, 0.1) is 5.41 Å². The molecule has 0 spiro atoms. The Hall–Kier alpha value is -1.05. The topological polar surface area (TPSA) is 26.3 Å². The molecule has 1 saturated heterocycles. The van der Waals surface area contributed by atoms with Crippen LogP contribution in [-0.2, 0) is 9.53 Å². The van der Waals surface area contributed by atoms with Crippen LogP contribution in [-0.4, -0.2) is 12.6 Å². The van der Waals surface area contributed by atoms with Crippen molar-refractivity contribution in [1.29, 1.82) is 0 Å². The highest BCUT2D eigenvalue weighted by Gasteiger charge is 2.34. The third-order valence-electron chi connectivity index (χ3n) is 2.57. The first kappa shape index (κ1) is 10.0. The summed E-state index contributed by atoms with van der Waals surface area (Å²) < 4.78 is 4.92. The number of rotatable bonds is 4. The highest BCUT2D eigenvalue weighted by Crippen LogP contribution is 2.38. The maximum absolute atomic E-state index is 11.1. The number of hydrogen-bond donors (Lipinski definition) is 0. The number of hydrogen-bond acceptors (Lipinski definition) is 2. The van der Waals surface area contributed by atoms with E-state index in [4.69, 9.17) is 4.74 Å². The van der Waals surface area contributed by atoms with E-state index >= 15 is 0 Å². The SMILES string of the molecule is C=CCC1(CC=C)CCOC(=O)C1. The summed E-state index contributed by atoms with van der Waals surface area (Å²) in [6, 6.07) is 0. The number of ether oxygens (including phenoxy) is 1. The molecular formula is C11H16O2. The minimum atomic E-state index is -0.0880. The van der Waals surface area contributed by atoms with Gasteiger partial charge in [0.05, 0.1) is 13.0 Å². The van der Waals surface area contributed by atoms with E-state index in [1.807, 2.05) is 12.2 Å². The monoisotopic (exact) mass is 180 g/mol. The fourth-order valence-electron chi connectivity index (χ4n) is 1.87. The van der Waals surface area contributed by atoms with E-state index in [0.717, 1.165) is 19.3 Å². The predicted octanol–water partition coefficient (Wildman–Crippen LogP) is 2.46. The van der Waals surface area contributed by atoms with Gasteiger partial charge < -0.3 is 4.74 Å². The lowest BCUT2D eigenvalue weighted by atomic mass is 9.74. The first-order chi connectivity index (χ1) is 6.22. The first-order valence-electron chi connectivity index (χ1n) is 4.60. The summed E-state index contributed by atoms with van der Waals surface area (Å²) in [6.07, 6.45) is 6.92. The summed E-state index contributed by atoms with van der Waals surface area (Å²) in [5.41, 5.74) is 0.0405. The third kappa shape index (κ3) is 2.44. The molecule has 0 radical (unpaired) electrons. The zero-order valence-corrected chi connectivity index (χ0v) is 7.92. The van der Waals surface area contributed by atoms with Crippen LogP contribution in [0.25, 0.3) is 0 Å². The van der Waals surface area contributed by atoms with Gasteiger partial charge in [0.15, 0.2) is 0 Å². The smallest absolute Gasteiger partial charge is 0.306 e. The summed E-state index contributed by atoms with van der Waals surface area (Å²) >= 11 is 0. The van der Waals surface area contributed by atoms with Crippen LogP contribution < -0.4 is 0 Å². The standard InChI is InChI=1S/C11H16O2/c1-3-5-11(6-4-2)7-8-13-10(12)9-11/h3-4H,1-2,5-9H2. The Kier molecular flexibility index (Phi) is 3.29. The molecule has 0 aliphatic carbocycles. The molecule has 2 heteroatoms. The largest absolute Gasteiger partial charge is 0.466 e. The average Bonchev–Trinajstić information content (AvgIpc) is 2.04. The summed E-state index contributed by atoms with van der Waals surface area (Å²) in [6.45, 7) is 7.98. The van der Waals surface area contributed by atoms with Crippen molar-refractivity contribution in [1.82, 2.24) is 0 Å². The summed E-state index contributed by atoms with van der Waals surface area (Å²) in [5.74, 6) is -0.0880. The van der Waals surface area contributed by atoms with Gasteiger partial charge in [-0.1, -0.05) is 12.2 Å². The van der Waals surface area contributed by atoms with E-state index in [9.17, 15) is 4.79 Å². The van der Waals surface area contributed by atoms with Crippen LogP contribution in [0.4, 0.5) is 0 Å². The molecule has 1 rings (SSSR count). The average molecular weight is 180 g/mol. The molecule has 0 atom stereocenters. The van der Waals surface area contributed by atoms with E-state index in [0.29, 0.717) is 13.0 Å². The molecule has 0 saturated carbocycles. The molecule has 2 nitrogen and oxygen atoms in total. The Labute approximate surface area is 79.3 Å². The van der Waals surface area contributed by atoms with Gasteiger partial charge in [0.1, 0.15) is 0 Å². The maximum Gasteiger partial charge on any atom is 0.306 e. The van der Waals surface area contributed by atoms with Gasteiger partial charge in [0.2, 0.25) is 0 Å². The highest BCUT2D eigenvalue weighted by atomic mass is 16.5. The van der Waals surface area contributed by atoms with E-state index in [1.165, 1.54) is 0 Å². The zero-order chi connectivity index (χ0) is 9.73. The molecule has 0 aromatic heterocycles. The Morgan fingerprint density at radius 1 is 1.38 bits per heavy atom. The lowest BCUT2D eigenvalue weighted by Gasteiger charge is -2.34. The fraction of sp³-hybridized carbons (Fsp3) is 0.545. The molecule has 1 aliphatic rings. The van der Waals surface area contributed by atoms with Gasteiger partial charge in [-0.2, -0.15) is 0 Å². The molecule has 72 valence electrons. The van der Waals surface area contributed by atoms with E-state index in [1.54, 1.807) is 0 Å². The Balaban J connectivity index is 2.68. The summed E-state index contributed by atoms with van der Waals surface area (Å²) in [7, 11) is 0. The Morgan fingerprint density at radius 2 is 2.00 bits per heavy atom. The van der Waals surface area contributed by atoms with Gasteiger partial charge in [0, 0.05) is 0 Å². The number of carbonyl (C=O) groups is 1. The molecular weight excluding hydrogens is 164 g/mol. The second-order valence-corrected chi connectivity index (χ2v) is 3.63. The number of esters is 1. The molecule has 0 unspecified atom stereocenters. The molecule has 0 N–H and O–H groups in total. The molecule has 1 aliphatic heterocycles. The molecule has 0 bridgehead atoms. The number of allylic oxidation sites excluding steroid dienone is 2. The van der Waals surface area contributed by atoms with Crippen molar-refractivity contribution in [2.45, 2.75) is 25.7 Å². The molecule has 0 aromatic carbocycles. The second-order valence-electron chi connectivity index (χ2n) is 3.63. The van der Waals surface area contributed by atoms with E-state index < -0.39 is 0 Å². The highest BCUT2D eigenvalue weighted by molar-refractivity contribution is 5.71. The van der Waals surface area contributed by atoms with Gasteiger partial charge >= 0.3 is 5.97 Å². The number of cyclic esters (lactones) is 1. The van der Waals surface area contributed by atoms with Crippen molar-refractivity contribution in [3.05, 3.63) is 25.3 Å². The normalized spacial score (nSPS) is 20.5. The van der Waals surface area contributed by atoms with Crippen molar-refractivity contribution in [3.8, 4) is 0 Å². The van der Waals surface area contributed by atoms with Gasteiger partial charge in [0.25, 0.3) is 0 Å². The van der Waals surface area contributed by atoms with Gasteiger partial charge in [-0.25, -0.2) is 0 Å². The van der Waals surface area contributed by atoms with Crippen molar-refractivity contribution in [2.24, 2.45) is 5.41 Å². The quantitative estimate of drug-likeness (QED) is 0.490. The van der Waals surface area contributed by atoms with Crippen LogP contribution in [0.1, 0.15) is 25.7 Å². The van der Waals surface area contributed by atoms with Gasteiger partial charge in [-0.15, -0.1) is 13.2 Å². The first-order valence-corrected chi connectivity index (χ1v) is 4.60. The van der Waals surface area contributed by atoms with Crippen molar-refractivity contribution in [2.75, 3.05) is 6.61 Å². The maximum atomic E-state index is 11.1. The lowest BCUT2D eigenvalue weighted by Crippen LogP contribution is -2.31. The molecule has 0 aromatic rings. The van der Waals surface area contributed by atoms with Crippen LogP contribution in [0.15, 0.2) is 25.3 Å². The van der Waals surface area contributed by atoms with E-state index in [2.05, 4.69) is 13.2 Å². The molecule has 1 fully saturated rings. The molecule has 0 amide bonds. The fourth-order valence-corrected chi connectivity index (χ4v) is 1.87. The van der Waals surface area contributed by atoms with Gasteiger partial charge in [-0.3, -0.25) is 4.79 Å². The van der Waals surface area contributed by atoms with Crippen LogP contribution in [0.2, 0.25) is 0 Å². The van der Waals surface area contributed by atoms with Crippen LogP contribution in [0.3, 0.4) is 0 Å². The third-order valence-corrected chi connectivity index (χ3v) is 2.57. The summed E-state index contributed by atoms with van der Waals surface area (Å²) in [4.78, 5) is 11.1. The Bertz CT molecular complexity index is 208. The number of carbonyl (C=O) groups excluding carboxylic acids is 1. The summed E-state index contributed by atoms with van der Waals surface area (Å²) in [5, 5.41) is 0. The second kappa shape index (κ2) is 4.26.